The van der Waals surface area contributed by atoms with Gasteiger partial charge in [0.2, 0.25) is 0 Å². The Hall–Kier alpha value is -2.15. The van der Waals surface area contributed by atoms with Gasteiger partial charge in [-0.05, 0) is 29.3 Å². The van der Waals surface area contributed by atoms with Gasteiger partial charge in [-0.2, -0.15) is 0 Å². The van der Waals surface area contributed by atoms with Crippen molar-refractivity contribution in [2.75, 3.05) is 0 Å². The van der Waals surface area contributed by atoms with Gasteiger partial charge in [-0.25, -0.2) is 0 Å². The van der Waals surface area contributed by atoms with E-state index >= 15 is 0 Å². The molecule has 0 radical (unpaired) electrons. The minimum Gasteiger partial charge on any atom is -0.256 e. The van der Waals surface area contributed by atoms with E-state index in [0.717, 1.165) is 11.3 Å². The average Bonchev–Trinajstić information content (AvgIpc) is 2.68. The maximum absolute atomic E-state index is 4.37. The van der Waals surface area contributed by atoms with Crippen molar-refractivity contribution in [1.29, 1.82) is 0 Å². The summed E-state index contributed by atoms with van der Waals surface area (Å²) < 4.78 is 0. The summed E-state index contributed by atoms with van der Waals surface area (Å²) in [6.07, 6.45) is 1.82. The molecule has 0 unspecified atom stereocenters. The van der Waals surface area contributed by atoms with Gasteiger partial charge in [0.1, 0.15) is 0 Å². The van der Waals surface area contributed by atoms with Crippen LogP contribution in [0.15, 0.2) is 66.9 Å². The van der Waals surface area contributed by atoms with E-state index in [1.165, 1.54) is 11.1 Å². The quantitative estimate of drug-likeness (QED) is 0.588. The van der Waals surface area contributed by atoms with Crippen LogP contribution < -0.4 is 0 Å². The zero-order chi connectivity index (χ0) is 10.8. The molecule has 0 fully saturated rings. The number of pyridine rings is 1. The Morgan fingerprint density at radius 2 is 1.38 bits per heavy atom. The highest BCUT2D eigenvalue weighted by Gasteiger charge is 2.02. The van der Waals surface area contributed by atoms with Crippen molar-refractivity contribution in [2.45, 2.75) is 0 Å². The van der Waals surface area contributed by atoms with Crippen LogP contribution in [0.5, 0.6) is 0 Å². The van der Waals surface area contributed by atoms with Crippen LogP contribution in [0.3, 0.4) is 0 Å². The van der Waals surface area contributed by atoms with Gasteiger partial charge in [0, 0.05) is 11.8 Å². The standard InChI is InChI=1S/C15H11N/c1-2-10-16-15(9-1)14-8-4-6-12-5-3-7-13(12)11-14/h1-11H. The highest BCUT2D eigenvalue weighted by atomic mass is 14.7. The van der Waals surface area contributed by atoms with Gasteiger partial charge in [0.05, 0.1) is 5.69 Å². The topological polar surface area (TPSA) is 12.9 Å². The van der Waals surface area contributed by atoms with Crippen LogP contribution in [0, 0.1) is 0 Å². The van der Waals surface area contributed by atoms with Gasteiger partial charge in [-0.3, -0.25) is 4.98 Å². The van der Waals surface area contributed by atoms with Crippen molar-refractivity contribution < 1.29 is 0 Å². The molecule has 0 amide bonds. The highest BCUT2D eigenvalue weighted by molar-refractivity contribution is 5.72. The smallest absolute Gasteiger partial charge is 0.0702 e. The highest BCUT2D eigenvalue weighted by Crippen LogP contribution is 2.26. The van der Waals surface area contributed by atoms with Crippen molar-refractivity contribution in [2.24, 2.45) is 0 Å². The van der Waals surface area contributed by atoms with E-state index in [4.69, 9.17) is 0 Å². The van der Waals surface area contributed by atoms with Crippen LogP contribution in [0.25, 0.3) is 22.4 Å². The fourth-order valence-corrected chi connectivity index (χ4v) is 1.90. The lowest BCUT2D eigenvalue weighted by Gasteiger charge is -1.97. The molecule has 3 rings (SSSR count). The van der Waals surface area contributed by atoms with E-state index in [-0.39, 0.29) is 0 Å². The maximum Gasteiger partial charge on any atom is 0.0702 e. The first kappa shape index (κ1) is 9.10. The molecule has 0 aliphatic heterocycles. The molecule has 0 bridgehead atoms. The predicted octanol–water partition coefficient (Wildman–Crippen LogP) is 3.85. The van der Waals surface area contributed by atoms with Crippen molar-refractivity contribution in [3.05, 3.63) is 66.9 Å². The Bertz CT molecular complexity index is 572. The molecule has 76 valence electrons. The molecule has 1 heteroatoms. The fourth-order valence-electron chi connectivity index (χ4n) is 1.90. The Morgan fingerprint density at radius 1 is 0.625 bits per heavy atom. The lowest BCUT2D eigenvalue weighted by Crippen LogP contribution is -1.78. The van der Waals surface area contributed by atoms with Gasteiger partial charge >= 0.3 is 0 Å². The monoisotopic (exact) mass is 205 g/mol. The number of nitrogens with zero attached hydrogens (tertiary/aromatic N) is 1. The zero-order valence-electron chi connectivity index (χ0n) is 8.80. The number of fused-ring (bicyclic) bond motifs is 1. The van der Waals surface area contributed by atoms with E-state index in [2.05, 4.69) is 47.4 Å². The number of hydrogen-bond acceptors (Lipinski definition) is 1. The summed E-state index contributed by atoms with van der Waals surface area (Å²) in [5, 5.41) is 0. The zero-order valence-corrected chi connectivity index (χ0v) is 8.80. The molecule has 16 heavy (non-hydrogen) atoms. The van der Waals surface area contributed by atoms with Crippen molar-refractivity contribution in [1.82, 2.24) is 4.98 Å². The van der Waals surface area contributed by atoms with E-state index in [0.29, 0.717) is 0 Å². The molecule has 0 atom stereocenters. The Kier molecular flexibility index (Phi) is 2.15. The van der Waals surface area contributed by atoms with Crippen LogP contribution in [0.4, 0.5) is 0 Å². The second kappa shape index (κ2) is 3.78. The molecule has 1 aromatic rings. The number of hydrogen-bond donors (Lipinski definition) is 0. The maximum atomic E-state index is 4.37. The van der Waals surface area contributed by atoms with E-state index in [1.807, 2.05) is 24.4 Å². The molecule has 0 saturated heterocycles. The lowest BCUT2D eigenvalue weighted by atomic mass is 10.1. The number of aromatic nitrogens is 1. The first-order valence-corrected chi connectivity index (χ1v) is 5.34. The SMILES string of the molecule is c1ccc(-c2cccc3cccc-3c2)nc1. The third-order valence-electron chi connectivity index (χ3n) is 2.71. The van der Waals surface area contributed by atoms with Crippen molar-refractivity contribution in [3.8, 4) is 22.4 Å². The molecular weight excluding hydrogens is 194 g/mol. The summed E-state index contributed by atoms with van der Waals surface area (Å²) in [6, 6.07) is 20.8. The van der Waals surface area contributed by atoms with Gasteiger partial charge in [-0.15, -0.1) is 0 Å². The van der Waals surface area contributed by atoms with Crippen LogP contribution in [-0.4, -0.2) is 4.98 Å². The Balaban J connectivity index is 2.19. The predicted molar refractivity (Wildman–Crippen MR) is 66.3 cm³/mol. The van der Waals surface area contributed by atoms with E-state index in [9.17, 15) is 0 Å². The first-order valence-electron chi connectivity index (χ1n) is 5.34. The number of rotatable bonds is 1. The average molecular weight is 205 g/mol. The molecule has 0 saturated carbocycles. The summed E-state index contributed by atoms with van der Waals surface area (Å²) in [5.41, 5.74) is 4.69. The molecule has 1 aromatic heterocycles. The molecule has 2 aliphatic carbocycles. The van der Waals surface area contributed by atoms with E-state index in [1.54, 1.807) is 0 Å². The van der Waals surface area contributed by atoms with Gasteiger partial charge < -0.3 is 0 Å². The molecule has 0 N–H and O–H groups in total. The molecule has 1 nitrogen and oxygen atoms in total. The molecule has 0 aromatic carbocycles. The first-order chi connectivity index (χ1) is 7.93. The summed E-state index contributed by atoms with van der Waals surface area (Å²) in [4.78, 5) is 4.37. The van der Waals surface area contributed by atoms with Gasteiger partial charge in [0.15, 0.2) is 0 Å². The summed E-state index contributed by atoms with van der Waals surface area (Å²) in [6.45, 7) is 0. The summed E-state index contributed by atoms with van der Waals surface area (Å²) in [7, 11) is 0. The normalized spacial score (nSPS) is 10.5. The molecule has 2 aliphatic rings. The third kappa shape index (κ3) is 1.57. The summed E-state index contributed by atoms with van der Waals surface area (Å²) in [5.74, 6) is 0. The lowest BCUT2D eigenvalue weighted by molar-refractivity contribution is 1.33. The van der Waals surface area contributed by atoms with Gasteiger partial charge in [-0.1, -0.05) is 42.5 Å². The van der Waals surface area contributed by atoms with Gasteiger partial charge in [0.25, 0.3) is 0 Å². The molecule has 1 heterocycles. The second-order valence-corrected chi connectivity index (χ2v) is 3.78. The van der Waals surface area contributed by atoms with Crippen LogP contribution in [0.2, 0.25) is 0 Å². The van der Waals surface area contributed by atoms with Crippen LogP contribution in [-0.2, 0) is 0 Å². The Morgan fingerprint density at radius 3 is 2.12 bits per heavy atom. The van der Waals surface area contributed by atoms with Crippen LogP contribution >= 0.6 is 0 Å². The second-order valence-electron chi connectivity index (χ2n) is 3.78. The molecular formula is C15H11N. The van der Waals surface area contributed by atoms with Crippen molar-refractivity contribution in [3.63, 3.8) is 0 Å². The largest absolute Gasteiger partial charge is 0.256 e. The minimum atomic E-state index is 1.02. The minimum absolute atomic E-state index is 1.02. The van der Waals surface area contributed by atoms with Crippen LogP contribution in [0.1, 0.15) is 0 Å². The van der Waals surface area contributed by atoms with Crippen molar-refractivity contribution >= 4 is 0 Å². The fraction of sp³-hybridized carbons (Fsp3) is 0. The molecule has 0 spiro atoms. The Labute approximate surface area is 94.7 Å². The summed E-state index contributed by atoms with van der Waals surface area (Å²) >= 11 is 0. The third-order valence-corrected chi connectivity index (χ3v) is 2.71. The van der Waals surface area contributed by atoms with E-state index < -0.39 is 0 Å².